The van der Waals surface area contributed by atoms with Gasteiger partial charge in [-0.15, -0.1) is 0 Å². The first-order valence-electron chi connectivity index (χ1n) is 8.59. The zero-order valence-corrected chi connectivity index (χ0v) is 14.2. The van der Waals surface area contributed by atoms with Gasteiger partial charge in [0.2, 0.25) is 0 Å². The van der Waals surface area contributed by atoms with Crippen LogP contribution in [0.3, 0.4) is 0 Å². The molecule has 2 heteroatoms. The molecule has 1 aliphatic rings. The van der Waals surface area contributed by atoms with Crippen LogP contribution in [0.15, 0.2) is 0 Å². The van der Waals surface area contributed by atoms with Crippen molar-refractivity contribution in [1.29, 1.82) is 0 Å². The fraction of sp³-hybridized carbons (Fsp3) is 1.00. The number of hydrogen-bond donors (Lipinski definition) is 1. The molecule has 0 aromatic rings. The van der Waals surface area contributed by atoms with Crippen molar-refractivity contribution in [1.82, 2.24) is 4.90 Å². The summed E-state index contributed by atoms with van der Waals surface area (Å²) in [4.78, 5) is 2.72. The highest BCUT2D eigenvalue weighted by atomic mass is 32.1. The highest BCUT2D eigenvalue weighted by Crippen LogP contribution is 2.36. The first kappa shape index (κ1) is 17.4. The van der Waals surface area contributed by atoms with Gasteiger partial charge < -0.3 is 4.90 Å². The topological polar surface area (TPSA) is 3.24 Å². The van der Waals surface area contributed by atoms with Crippen molar-refractivity contribution >= 4 is 12.6 Å². The maximum absolute atomic E-state index is 4.25. The summed E-state index contributed by atoms with van der Waals surface area (Å²) in [5.41, 5.74) is 0.660. The number of rotatable bonds is 11. The Bertz CT molecular complexity index is 213. The van der Waals surface area contributed by atoms with Gasteiger partial charge in [-0.05, 0) is 56.4 Å². The number of hydrogen-bond acceptors (Lipinski definition) is 2. The van der Waals surface area contributed by atoms with Crippen molar-refractivity contribution in [3.63, 3.8) is 0 Å². The van der Waals surface area contributed by atoms with Crippen LogP contribution >= 0.6 is 12.6 Å². The van der Waals surface area contributed by atoms with Gasteiger partial charge in [0.15, 0.2) is 0 Å². The van der Waals surface area contributed by atoms with Crippen LogP contribution in [0.2, 0.25) is 0 Å². The number of thiol groups is 1. The van der Waals surface area contributed by atoms with Crippen molar-refractivity contribution in [2.24, 2.45) is 5.41 Å². The second-order valence-corrected chi connectivity index (χ2v) is 6.88. The van der Waals surface area contributed by atoms with Crippen LogP contribution in [0.5, 0.6) is 0 Å². The summed E-state index contributed by atoms with van der Waals surface area (Å²) in [5.74, 6) is 1.06. The van der Waals surface area contributed by atoms with E-state index in [9.17, 15) is 0 Å². The molecule has 1 nitrogen and oxygen atoms in total. The molecule has 0 atom stereocenters. The molecular weight excluding hydrogens is 250 g/mol. The van der Waals surface area contributed by atoms with Gasteiger partial charge in [0.05, 0.1) is 0 Å². The zero-order chi connectivity index (χ0) is 14.0. The van der Waals surface area contributed by atoms with Crippen molar-refractivity contribution in [2.45, 2.75) is 78.1 Å². The van der Waals surface area contributed by atoms with E-state index in [2.05, 4.69) is 31.4 Å². The van der Waals surface area contributed by atoms with Gasteiger partial charge in [0.25, 0.3) is 0 Å². The maximum Gasteiger partial charge on any atom is 0.00382 e. The Morgan fingerprint density at radius 3 is 2.00 bits per heavy atom. The van der Waals surface area contributed by atoms with Crippen LogP contribution in [-0.2, 0) is 0 Å². The minimum absolute atomic E-state index is 0.660. The summed E-state index contributed by atoms with van der Waals surface area (Å²) in [6.45, 7) is 8.81. The number of unbranched alkanes of at least 4 members (excludes halogenated alkanes) is 6. The smallest absolute Gasteiger partial charge is 0.00382 e. The fourth-order valence-electron chi connectivity index (χ4n) is 3.38. The van der Waals surface area contributed by atoms with E-state index >= 15 is 0 Å². The van der Waals surface area contributed by atoms with Gasteiger partial charge in [-0.25, -0.2) is 0 Å². The Labute approximate surface area is 126 Å². The Balaban J connectivity index is 1.96. The van der Waals surface area contributed by atoms with Crippen LogP contribution in [0, 0.1) is 5.41 Å². The van der Waals surface area contributed by atoms with E-state index in [0.717, 1.165) is 5.75 Å². The third-order valence-electron chi connectivity index (χ3n) is 5.15. The Hall–Kier alpha value is 0.310. The summed E-state index contributed by atoms with van der Waals surface area (Å²) in [6.07, 6.45) is 14.0. The third-order valence-corrected chi connectivity index (χ3v) is 5.47. The zero-order valence-electron chi connectivity index (χ0n) is 13.3. The first-order valence-corrected chi connectivity index (χ1v) is 9.23. The highest BCUT2D eigenvalue weighted by Gasteiger charge is 2.34. The first-order chi connectivity index (χ1) is 9.26. The molecule has 0 amide bonds. The van der Waals surface area contributed by atoms with Crippen LogP contribution < -0.4 is 0 Å². The van der Waals surface area contributed by atoms with Crippen LogP contribution in [-0.4, -0.2) is 30.3 Å². The minimum atomic E-state index is 0.660. The molecule has 0 unspecified atom stereocenters. The molecule has 0 aromatic carbocycles. The molecule has 0 spiro atoms. The summed E-state index contributed by atoms with van der Waals surface area (Å²) >= 11 is 4.25. The van der Waals surface area contributed by atoms with E-state index in [1.807, 2.05) is 0 Å². The molecule has 0 N–H and O–H groups in total. The molecule has 1 fully saturated rings. The predicted molar refractivity (Wildman–Crippen MR) is 90.2 cm³/mol. The molecule has 1 rings (SSSR count). The van der Waals surface area contributed by atoms with Gasteiger partial charge in [-0.3, -0.25) is 0 Å². The van der Waals surface area contributed by atoms with E-state index in [0.29, 0.717) is 5.41 Å². The Morgan fingerprint density at radius 1 is 0.895 bits per heavy atom. The SMILES string of the molecule is CCC1(CC)CCN(CCCCCCCCCS)C1. The van der Waals surface area contributed by atoms with Crippen molar-refractivity contribution < 1.29 is 0 Å². The third kappa shape index (κ3) is 6.53. The monoisotopic (exact) mass is 285 g/mol. The lowest BCUT2D eigenvalue weighted by Crippen LogP contribution is -2.27. The van der Waals surface area contributed by atoms with E-state index in [1.54, 1.807) is 0 Å². The van der Waals surface area contributed by atoms with E-state index in [-0.39, 0.29) is 0 Å². The Kier molecular flexibility index (Phi) is 9.23. The molecule has 1 heterocycles. The number of likely N-dealkylation sites (tertiary alicyclic amines) is 1. The van der Waals surface area contributed by atoms with E-state index in [1.165, 1.54) is 83.8 Å². The molecule has 0 saturated carbocycles. The summed E-state index contributed by atoms with van der Waals surface area (Å²) in [6, 6.07) is 0. The van der Waals surface area contributed by atoms with Crippen LogP contribution in [0.25, 0.3) is 0 Å². The minimum Gasteiger partial charge on any atom is -0.303 e. The standard InChI is InChI=1S/C17H35NS/c1-3-17(4-2)12-14-18(16-17)13-10-8-6-5-7-9-11-15-19/h19H,3-16H2,1-2H3. The van der Waals surface area contributed by atoms with Gasteiger partial charge in [0.1, 0.15) is 0 Å². The lowest BCUT2D eigenvalue weighted by Gasteiger charge is -2.26. The molecular formula is C17H35NS. The number of nitrogens with zero attached hydrogens (tertiary/aromatic N) is 1. The van der Waals surface area contributed by atoms with Crippen molar-refractivity contribution in [2.75, 3.05) is 25.4 Å². The predicted octanol–water partition coefficient (Wildman–Crippen LogP) is 5.16. The molecule has 0 aromatic heterocycles. The molecule has 0 bridgehead atoms. The lowest BCUT2D eigenvalue weighted by atomic mass is 9.82. The molecule has 1 aliphatic heterocycles. The Morgan fingerprint density at radius 2 is 1.47 bits per heavy atom. The molecule has 114 valence electrons. The highest BCUT2D eigenvalue weighted by molar-refractivity contribution is 7.80. The summed E-state index contributed by atoms with van der Waals surface area (Å²) < 4.78 is 0. The van der Waals surface area contributed by atoms with Gasteiger partial charge in [-0.2, -0.15) is 12.6 Å². The lowest BCUT2D eigenvalue weighted by molar-refractivity contribution is 0.237. The molecule has 19 heavy (non-hydrogen) atoms. The summed E-state index contributed by atoms with van der Waals surface area (Å²) in [5, 5.41) is 0. The maximum atomic E-state index is 4.25. The second-order valence-electron chi connectivity index (χ2n) is 6.43. The quantitative estimate of drug-likeness (QED) is 0.405. The van der Waals surface area contributed by atoms with E-state index in [4.69, 9.17) is 0 Å². The van der Waals surface area contributed by atoms with Crippen molar-refractivity contribution in [3.8, 4) is 0 Å². The van der Waals surface area contributed by atoms with Gasteiger partial charge in [-0.1, -0.05) is 46.0 Å². The van der Waals surface area contributed by atoms with Gasteiger partial charge >= 0.3 is 0 Å². The average molecular weight is 286 g/mol. The fourth-order valence-corrected chi connectivity index (χ4v) is 3.60. The van der Waals surface area contributed by atoms with E-state index < -0.39 is 0 Å². The van der Waals surface area contributed by atoms with Gasteiger partial charge in [0, 0.05) is 6.54 Å². The van der Waals surface area contributed by atoms with Crippen molar-refractivity contribution in [3.05, 3.63) is 0 Å². The van der Waals surface area contributed by atoms with Crippen LogP contribution in [0.1, 0.15) is 78.1 Å². The van der Waals surface area contributed by atoms with Crippen LogP contribution in [0.4, 0.5) is 0 Å². The normalized spacial score (nSPS) is 19.1. The molecule has 0 aliphatic carbocycles. The second kappa shape index (κ2) is 10.1. The summed E-state index contributed by atoms with van der Waals surface area (Å²) in [7, 11) is 0. The molecule has 1 saturated heterocycles. The average Bonchev–Trinajstić information content (AvgIpc) is 2.86. The molecule has 0 radical (unpaired) electrons. The largest absolute Gasteiger partial charge is 0.303 e.